The third kappa shape index (κ3) is 1.79. The smallest absolute Gasteiger partial charge is 0.0892 e. The third-order valence-electron chi connectivity index (χ3n) is 2.04. The maximum absolute atomic E-state index is 4.25. The van der Waals surface area contributed by atoms with E-state index < -0.39 is 0 Å². The monoisotopic (exact) mass is 184 g/mol. The van der Waals surface area contributed by atoms with Gasteiger partial charge in [-0.25, -0.2) is 0 Å². The van der Waals surface area contributed by atoms with Crippen molar-refractivity contribution in [3.63, 3.8) is 0 Å². The summed E-state index contributed by atoms with van der Waals surface area (Å²) in [5, 5.41) is 0. The fraction of sp³-hybridized carbons (Fsp3) is 0.167. The summed E-state index contributed by atoms with van der Waals surface area (Å²) < 4.78 is 0. The molecule has 0 amide bonds. The van der Waals surface area contributed by atoms with Crippen LogP contribution in [0.5, 0.6) is 0 Å². The van der Waals surface area contributed by atoms with E-state index in [2.05, 4.69) is 41.2 Å². The van der Waals surface area contributed by atoms with Gasteiger partial charge in [0.1, 0.15) is 0 Å². The molecule has 0 spiro atoms. The second-order valence-electron chi connectivity index (χ2n) is 3.12. The van der Waals surface area contributed by atoms with E-state index in [1.165, 1.54) is 5.56 Å². The summed E-state index contributed by atoms with van der Waals surface area (Å²) in [6.45, 7) is 2.12. The van der Waals surface area contributed by atoms with Crippen LogP contribution in [0, 0.1) is 0 Å². The van der Waals surface area contributed by atoms with E-state index in [1.54, 1.807) is 12.4 Å². The zero-order chi connectivity index (χ0) is 9.80. The Morgan fingerprint density at radius 3 is 2.71 bits per heavy atom. The lowest BCUT2D eigenvalue weighted by molar-refractivity contribution is 1.23. The van der Waals surface area contributed by atoms with Crippen LogP contribution in [-0.2, 0) is 0 Å². The molecule has 14 heavy (non-hydrogen) atoms. The normalized spacial score (nSPS) is 11.2. The highest BCUT2D eigenvalue weighted by Gasteiger charge is 1.94. The van der Waals surface area contributed by atoms with Gasteiger partial charge in [-0.05, 0) is 24.1 Å². The molecule has 0 fully saturated rings. The van der Waals surface area contributed by atoms with Crippen LogP contribution in [0.4, 0.5) is 0 Å². The lowest BCUT2D eigenvalue weighted by Crippen LogP contribution is -1.82. The number of rotatable bonds is 2. The van der Waals surface area contributed by atoms with Gasteiger partial charge in [-0.2, -0.15) is 0 Å². The van der Waals surface area contributed by atoms with Crippen molar-refractivity contribution in [1.29, 1.82) is 0 Å². The van der Waals surface area contributed by atoms with E-state index in [9.17, 15) is 0 Å². The Balaban J connectivity index is 2.46. The van der Waals surface area contributed by atoms with Crippen molar-refractivity contribution >= 4 is 17.1 Å². The number of aromatic nitrogens is 2. The molecule has 1 heterocycles. The predicted octanol–water partition coefficient (Wildman–Crippen LogP) is 3.05. The lowest BCUT2D eigenvalue weighted by atomic mass is 10.2. The van der Waals surface area contributed by atoms with Crippen molar-refractivity contribution in [3.05, 3.63) is 42.2 Å². The highest BCUT2D eigenvalue weighted by Crippen LogP contribution is 2.12. The van der Waals surface area contributed by atoms with Crippen LogP contribution < -0.4 is 0 Å². The molecule has 0 radical (unpaired) electrons. The number of hydrogen-bond donors (Lipinski definition) is 0. The largest absolute Gasteiger partial charge is 0.253 e. The van der Waals surface area contributed by atoms with Gasteiger partial charge in [0, 0.05) is 12.4 Å². The molecule has 0 saturated carbocycles. The van der Waals surface area contributed by atoms with Crippen LogP contribution in [0.1, 0.15) is 18.9 Å². The Morgan fingerprint density at radius 2 is 1.93 bits per heavy atom. The first-order chi connectivity index (χ1) is 6.90. The molecule has 0 saturated heterocycles. The van der Waals surface area contributed by atoms with E-state index >= 15 is 0 Å². The van der Waals surface area contributed by atoms with E-state index in [0.717, 1.165) is 17.5 Å². The van der Waals surface area contributed by atoms with Gasteiger partial charge in [-0.1, -0.05) is 25.1 Å². The standard InChI is InChI=1S/C12H12N2/c1-2-3-4-10-5-6-11-12(9-10)14-8-7-13-11/h3-9H,2H2,1H3/b4-3+. The second kappa shape index (κ2) is 4.01. The van der Waals surface area contributed by atoms with Gasteiger partial charge in [-0.3, -0.25) is 9.97 Å². The first kappa shape index (κ1) is 8.88. The average Bonchev–Trinajstić information content (AvgIpc) is 2.26. The molecule has 0 aliphatic heterocycles. The molecular formula is C12H12N2. The fourth-order valence-corrected chi connectivity index (χ4v) is 1.34. The summed E-state index contributed by atoms with van der Waals surface area (Å²) in [4.78, 5) is 8.47. The zero-order valence-electron chi connectivity index (χ0n) is 8.14. The molecule has 2 nitrogen and oxygen atoms in total. The molecule has 2 aromatic rings. The Kier molecular flexibility index (Phi) is 2.54. The fourth-order valence-electron chi connectivity index (χ4n) is 1.34. The molecule has 0 bridgehead atoms. The van der Waals surface area contributed by atoms with Gasteiger partial charge < -0.3 is 0 Å². The number of fused-ring (bicyclic) bond motifs is 1. The van der Waals surface area contributed by atoms with E-state index in [-0.39, 0.29) is 0 Å². The minimum absolute atomic E-state index is 0.946. The first-order valence-electron chi connectivity index (χ1n) is 4.77. The molecule has 0 unspecified atom stereocenters. The Labute approximate surface area is 83.3 Å². The molecule has 0 aliphatic rings. The highest BCUT2D eigenvalue weighted by molar-refractivity contribution is 5.76. The van der Waals surface area contributed by atoms with Crippen molar-refractivity contribution < 1.29 is 0 Å². The second-order valence-corrected chi connectivity index (χ2v) is 3.12. The van der Waals surface area contributed by atoms with E-state index in [4.69, 9.17) is 0 Å². The molecule has 2 heteroatoms. The predicted molar refractivity (Wildman–Crippen MR) is 58.9 cm³/mol. The molecule has 70 valence electrons. The summed E-state index contributed by atoms with van der Waals surface area (Å²) in [5.41, 5.74) is 3.08. The van der Waals surface area contributed by atoms with Crippen molar-refractivity contribution in [2.45, 2.75) is 13.3 Å². The van der Waals surface area contributed by atoms with Crippen molar-refractivity contribution in [3.8, 4) is 0 Å². The maximum atomic E-state index is 4.25. The molecule has 0 N–H and O–H groups in total. The van der Waals surface area contributed by atoms with Crippen LogP contribution in [-0.4, -0.2) is 9.97 Å². The molecule has 1 aromatic carbocycles. The van der Waals surface area contributed by atoms with Gasteiger partial charge in [-0.15, -0.1) is 0 Å². The molecule has 1 aromatic heterocycles. The van der Waals surface area contributed by atoms with Crippen LogP contribution in [0.3, 0.4) is 0 Å². The lowest BCUT2D eigenvalue weighted by Gasteiger charge is -1.96. The van der Waals surface area contributed by atoms with Crippen LogP contribution in [0.25, 0.3) is 17.1 Å². The minimum Gasteiger partial charge on any atom is -0.253 e. The number of benzene rings is 1. The Bertz CT molecular complexity index is 461. The van der Waals surface area contributed by atoms with Gasteiger partial charge in [0.15, 0.2) is 0 Å². The highest BCUT2D eigenvalue weighted by atomic mass is 14.8. The van der Waals surface area contributed by atoms with Gasteiger partial charge in [0.05, 0.1) is 11.0 Å². The van der Waals surface area contributed by atoms with Crippen LogP contribution in [0.2, 0.25) is 0 Å². The van der Waals surface area contributed by atoms with E-state index in [0.29, 0.717) is 0 Å². The number of hydrogen-bond acceptors (Lipinski definition) is 2. The average molecular weight is 184 g/mol. The SMILES string of the molecule is CC/C=C/c1ccc2nccnc2c1. The van der Waals surface area contributed by atoms with Gasteiger partial charge in [0.2, 0.25) is 0 Å². The summed E-state index contributed by atoms with van der Waals surface area (Å²) in [7, 11) is 0. The Hall–Kier alpha value is -1.70. The van der Waals surface area contributed by atoms with Crippen molar-refractivity contribution in [1.82, 2.24) is 9.97 Å². The van der Waals surface area contributed by atoms with Gasteiger partial charge >= 0.3 is 0 Å². The summed E-state index contributed by atoms with van der Waals surface area (Å²) in [5.74, 6) is 0. The summed E-state index contributed by atoms with van der Waals surface area (Å²) >= 11 is 0. The maximum Gasteiger partial charge on any atom is 0.0892 e. The minimum atomic E-state index is 0.946. The number of allylic oxidation sites excluding steroid dienone is 1. The Morgan fingerprint density at radius 1 is 1.14 bits per heavy atom. The van der Waals surface area contributed by atoms with Crippen LogP contribution in [0.15, 0.2) is 36.7 Å². The van der Waals surface area contributed by atoms with E-state index in [1.807, 2.05) is 6.07 Å². The molecule has 0 atom stereocenters. The van der Waals surface area contributed by atoms with Crippen LogP contribution >= 0.6 is 0 Å². The third-order valence-corrected chi connectivity index (χ3v) is 2.04. The molecule has 2 rings (SSSR count). The van der Waals surface area contributed by atoms with Crippen molar-refractivity contribution in [2.75, 3.05) is 0 Å². The van der Waals surface area contributed by atoms with Gasteiger partial charge in [0.25, 0.3) is 0 Å². The summed E-state index contributed by atoms with van der Waals surface area (Å²) in [6, 6.07) is 6.11. The number of nitrogens with zero attached hydrogens (tertiary/aromatic N) is 2. The zero-order valence-corrected chi connectivity index (χ0v) is 8.14. The molecule has 0 aliphatic carbocycles. The summed E-state index contributed by atoms with van der Waals surface area (Å²) in [6.07, 6.45) is 8.73. The topological polar surface area (TPSA) is 25.8 Å². The molecular weight excluding hydrogens is 172 g/mol. The van der Waals surface area contributed by atoms with Crippen molar-refractivity contribution in [2.24, 2.45) is 0 Å². The quantitative estimate of drug-likeness (QED) is 0.716. The first-order valence-corrected chi connectivity index (χ1v) is 4.77.